The zero-order chi connectivity index (χ0) is 12.4. The Hall–Kier alpha value is -0.820. The van der Waals surface area contributed by atoms with E-state index >= 15 is 0 Å². The van der Waals surface area contributed by atoms with Gasteiger partial charge in [0.05, 0.1) is 0 Å². The number of nitrogens with zero attached hydrogens (tertiary/aromatic N) is 1. The zero-order valence-electron chi connectivity index (χ0n) is 11.6. The van der Waals surface area contributed by atoms with Crippen molar-refractivity contribution < 1.29 is 0 Å². The molecular weight excluding hydrogens is 218 g/mol. The molecule has 0 bridgehead atoms. The van der Waals surface area contributed by atoms with Gasteiger partial charge in [-0.2, -0.15) is 0 Å². The maximum absolute atomic E-state index is 2.72. The average molecular weight is 243 g/mol. The highest BCUT2D eigenvalue weighted by Gasteiger charge is 2.27. The van der Waals surface area contributed by atoms with Crippen molar-refractivity contribution in [2.45, 2.75) is 51.5 Å². The van der Waals surface area contributed by atoms with Crippen molar-refractivity contribution >= 4 is 0 Å². The maximum atomic E-state index is 2.72. The Labute approximate surface area is 111 Å². The normalized spacial score (nSPS) is 22.3. The van der Waals surface area contributed by atoms with E-state index in [1.54, 1.807) is 5.56 Å². The summed E-state index contributed by atoms with van der Waals surface area (Å²) < 4.78 is 0. The molecule has 1 aliphatic carbocycles. The number of likely N-dealkylation sites (tertiary alicyclic amines) is 1. The first-order chi connectivity index (χ1) is 8.83. The highest BCUT2D eigenvalue weighted by atomic mass is 15.2. The molecule has 18 heavy (non-hydrogen) atoms. The molecule has 2 fully saturated rings. The van der Waals surface area contributed by atoms with Gasteiger partial charge in [-0.15, -0.1) is 0 Å². The molecule has 3 rings (SSSR count). The van der Waals surface area contributed by atoms with Gasteiger partial charge in [0.25, 0.3) is 0 Å². The van der Waals surface area contributed by atoms with Crippen LogP contribution >= 0.6 is 0 Å². The number of hydrogen-bond acceptors (Lipinski definition) is 1. The highest BCUT2D eigenvalue weighted by molar-refractivity contribution is 5.25. The van der Waals surface area contributed by atoms with Crippen LogP contribution in [0.5, 0.6) is 0 Å². The molecule has 0 amide bonds. The van der Waals surface area contributed by atoms with Crippen molar-refractivity contribution in [1.82, 2.24) is 4.90 Å². The average Bonchev–Trinajstić information content (AvgIpc) is 3.03. The quantitative estimate of drug-likeness (QED) is 0.744. The van der Waals surface area contributed by atoms with E-state index in [1.165, 1.54) is 57.2 Å². The van der Waals surface area contributed by atoms with Crippen molar-refractivity contribution in [3.63, 3.8) is 0 Å². The summed E-state index contributed by atoms with van der Waals surface area (Å²) in [5.41, 5.74) is 2.96. The zero-order valence-corrected chi connectivity index (χ0v) is 11.6. The molecule has 1 atom stereocenters. The Kier molecular flexibility index (Phi) is 3.69. The minimum Gasteiger partial charge on any atom is -0.296 e. The molecule has 0 spiro atoms. The van der Waals surface area contributed by atoms with Crippen molar-refractivity contribution in [2.75, 3.05) is 13.1 Å². The van der Waals surface area contributed by atoms with E-state index in [2.05, 4.69) is 36.1 Å². The minimum absolute atomic E-state index is 0.688. The number of benzene rings is 1. The van der Waals surface area contributed by atoms with E-state index in [-0.39, 0.29) is 0 Å². The van der Waals surface area contributed by atoms with Crippen LogP contribution < -0.4 is 0 Å². The third kappa shape index (κ3) is 2.95. The summed E-state index contributed by atoms with van der Waals surface area (Å²) in [6, 6.07) is 9.86. The van der Waals surface area contributed by atoms with Gasteiger partial charge < -0.3 is 0 Å². The van der Waals surface area contributed by atoms with Gasteiger partial charge in [-0.1, -0.05) is 42.7 Å². The fraction of sp³-hybridized carbons (Fsp3) is 0.647. The first-order valence-corrected chi connectivity index (χ1v) is 7.63. The molecule has 1 saturated carbocycles. The molecule has 1 aliphatic heterocycles. The largest absolute Gasteiger partial charge is 0.296 e. The predicted molar refractivity (Wildman–Crippen MR) is 76.7 cm³/mol. The van der Waals surface area contributed by atoms with E-state index in [0.29, 0.717) is 6.04 Å². The summed E-state index contributed by atoms with van der Waals surface area (Å²) in [6.45, 7) is 4.83. The molecular formula is C17H25N. The van der Waals surface area contributed by atoms with Crippen molar-refractivity contribution in [3.8, 4) is 0 Å². The van der Waals surface area contributed by atoms with E-state index in [4.69, 9.17) is 0 Å². The second kappa shape index (κ2) is 5.44. The van der Waals surface area contributed by atoms with Crippen LogP contribution in [0.3, 0.4) is 0 Å². The lowest BCUT2D eigenvalue weighted by Gasteiger charge is -2.28. The van der Waals surface area contributed by atoms with E-state index < -0.39 is 0 Å². The second-order valence-electron chi connectivity index (χ2n) is 6.19. The van der Waals surface area contributed by atoms with Crippen LogP contribution in [0, 0.1) is 12.8 Å². The Morgan fingerprint density at radius 1 is 1.22 bits per heavy atom. The summed E-state index contributed by atoms with van der Waals surface area (Å²) in [6.07, 6.45) is 8.57. The van der Waals surface area contributed by atoms with Crippen LogP contribution in [0.2, 0.25) is 0 Å². The molecule has 98 valence electrons. The summed E-state index contributed by atoms with van der Waals surface area (Å²) in [5.74, 6) is 1.06. The molecule has 1 heterocycles. The fourth-order valence-corrected chi connectivity index (χ4v) is 3.29. The van der Waals surface area contributed by atoms with Crippen LogP contribution in [0.15, 0.2) is 24.3 Å². The van der Waals surface area contributed by atoms with Gasteiger partial charge in [-0.25, -0.2) is 0 Å². The van der Waals surface area contributed by atoms with Crippen LogP contribution in [-0.4, -0.2) is 18.0 Å². The Morgan fingerprint density at radius 3 is 2.67 bits per heavy atom. The lowest BCUT2D eigenvalue weighted by atomic mass is 9.97. The fourth-order valence-electron chi connectivity index (χ4n) is 3.29. The van der Waals surface area contributed by atoms with Crippen molar-refractivity contribution in [3.05, 3.63) is 35.4 Å². The standard InChI is InChI=1S/C17H25N/c1-14-5-4-6-16(13-14)17(10-9-15-7-8-15)18-11-2-3-12-18/h4-6,13,15,17H,2-3,7-12H2,1H3. The third-order valence-corrected chi connectivity index (χ3v) is 4.55. The summed E-state index contributed by atoms with van der Waals surface area (Å²) in [5, 5.41) is 0. The van der Waals surface area contributed by atoms with E-state index in [9.17, 15) is 0 Å². The Balaban J connectivity index is 1.73. The van der Waals surface area contributed by atoms with Crippen LogP contribution in [0.4, 0.5) is 0 Å². The number of aryl methyl sites for hydroxylation is 1. The third-order valence-electron chi connectivity index (χ3n) is 4.55. The molecule has 1 aromatic carbocycles. The smallest absolute Gasteiger partial charge is 0.0348 e. The molecule has 1 heteroatoms. The SMILES string of the molecule is Cc1cccc(C(CCC2CC2)N2CCCC2)c1. The van der Waals surface area contributed by atoms with Crippen molar-refractivity contribution in [1.29, 1.82) is 0 Å². The summed E-state index contributed by atoms with van der Waals surface area (Å²) in [7, 11) is 0. The van der Waals surface area contributed by atoms with Crippen LogP contribution in [0.1, 0.15) is 55.7 Å². The van der Waals surface area contributed by atoms with Gasteiger partial charge >= 0.3 is 0 Å². The summed E-state index contributed by atoms with van der Waals surface area (Å²) in [4.78, 5) is 2.72. The molecule has 1 unspecified atom stereocenters. The van der Waals surface area contributed by atoms with Crippen LogP contribution in [0.25, 0.3) is 0 Å². The van der Waals surface area contributed by atoms with Crippen molar-refractivity contribution in [2.24, 2.45) is 5.92 Å². The molecule has 1 nitrogen and oxygen atoms in total. The monoisotopic (exact) mass is 243 g/mol. The lowest BCUT2D eigenvalue weighted by molar-refractivity contribution is 0.227. The van der Waals surface area contributed by atoms with Gasteiger partial charge in [-0.3, -0.25) is 4.90 Å². The maximum Gasteiger partial charge on any atom is 0.0348 e. The summed E-state index contributed by atoms with van der Waals surface area (Å²) >= 11 is 0. The Bertz CT molecular complexity index is 388. The van der Waals surface area contributed by atoms with Gasteiger partial charge in [0.2, 0.25) is 0 Å². The lowest BCUT2D eigenvalue weighted by Crippen LogP contribution is -2.25. The molecule has 0 N–H and O–H groups in total. The molecule has 0 radical (unpaired) electrons. The molecule has 0 aromatic heterocycles. The van der Waals surface area contributed by atoms with Gasteiger partial charge in [0.1, 0.15) is 0 Å². The van der Waals surface area contributed by atoms with Gasteiger partial charge in [0, 0.05) is 6.04 Å². The van der Waals surface area contributed by atoms with E-state index in [1.807, 2.05) is 0 Å². The first-order valence-electron chi connectivity index (χ1n) is 7.63. The molecule has 1 saturated heterocycles. The first kappa shape index (κ1) is 12.2. The minimum atomic E-state index is 0.688. The Morgan fingerprint density at radius 2 is 2.00 bits per heavy atom. The molecule has 2 aliphatic rings. The predicted octanol–water partition coefficient (Wildman–Crippen LogP) is 4.32. The molecule has 1 aromatic rings. The number of hydrogen-bond donors (Lipinski definition) is 0. The topological polar surface area (TPSA) is 3.24 Å². The van der Waals surface area contributed by atoms with Gasteiger partial charge in [0.15, 0.2) is 0 Å². The number of rotatable bonds is 5. The second-order valence-corrected chi connectivity index (χ2v) is 6.19. The van der Waals surface area contributed by atoms with E-state index in [0.717, 1.165) is 5.92 Å². The van der Waals surface area contributed by atoms with Crippen LogP contribution in [-0.2, 0) is 0 Å². The highest BCUT2D eigenvalue weighted by Crippen LogP contribution is 2.38. The van der Waals surface area contributed by atoms with Gasteiger partial charge in [-0.05, 0) is 57.2 Å².